The highest BCUT2D eigenvalue weighted by Gasteiger charge is 2.45. The summed E-state index contributed by atoms with van der Waals surface area (Å²) in [5.74, 6) is 1.06. The summed E-state index contributed by atoms with van der Waals surface area (Å²) in [7, 11) is 0. The maximum atomic E-state index is 5.60. The van der Waals surface area contributed by atoms with E-state index in [4.69, 9.17) is 10.2 Å². The van der Waals surface area contributed by atoms with Crippen LogP contribution in [0.3, 0.4) is 0 Å². The fourth-order valence-electron chi connectivity index (χ4n) is 1.28. The molecule has 1 aromatic rings. The molecule has 2 nitrogen and oxygen atoms in total. The fourth-order valence-corrected chi connectivity index (χ4v) is 1.28. The van der Waals surface area contributed by atoms with Crippen LogP contribution in [0.15, 0.2) is 22.8 Å². The first-order chi connectivity index (χ1) is 4.87. The Balaban J connectivity index is 2.27. The Morgan fingerprint density at radius 1 is 1.60 bits per heavy atom. The van der Waals surface area contributed by atoms with E-state index >= 15 is 0 Å². The van der Waals surface area contributed by atoms with Gasteiger partial charge >= 0.3 is 0 Å². The summed E-state index contributed by atoms with van der Waals surface area (Å²) >= 11 is 0. The van der Waals surface area contributed by atoms with Gasteiger partial charge in [0, 0.05) is 12.0 Å². The Morgan fingerprint density at radius 2 is 2.40 bits per heavy atom. The van der Waals surface area contributed by atoms with Crippen LogP contribution in [-0.4, -0.2) is 6.54 Å². The van der Waals surface area contributed by atoms with Gasteiger partial charge in [-0.15, -0.1) is 0 Å². The number of rotatable bonds is 2. The third kappa shape index (κ3) is 0.688. The van der Waals surface area contributed by atoms with Crippen LogP contribution in [0.5, 0.6) is 0 Å². The van der Waals surface area contributed by atoms with E-state index in [1.807, 2.05) is 12.1 Å². The third-order valence-corrected chi connectivity index (χ3v) is 2.29. The van der Waals surface area contributed by atoms with Crippen molar-refractivity contribution in [3.63, 3.8) is 0 Å². The Morgan fingerprint density at radius 3 is 2.80 bits per heavy atom. The maximum absolute atomic E-state index is 5.60. The van der Waals surface area contributed by atoms with Crippen molar-refractivity contribution in [2.45, 2.75) is 18.3 Å². The minimum absolute atomic E-state index is 0.226. The van der Waals surface area contributed by atoms with Gasteiger partial charge in [0.25, 0.3) is 0 Å². The van der Waals surface area contributed by atoms with Gasteiger partial charge in [-0.25, -0.2) is 0 Å². The van der Waals surface area contributed by atoms with Crippen molar-refractivity contribution in [1.82, 2.24) is 0 Å². The average molecular weight is 137 g/mol. The highest BCUT2D eigenvalue weighted by atomic mass is 16.3. The zero-order valence-corrected chi connectivity index (χ0v) is 5.84. The largest absolute Gasteiger partial charge is 0.469 e. The standard InChI is InChI=1S/C8H11NO/c9-6-8(3-4-8)7-2-1-5-10-7/h1-2,5H,3-4,6,9H2. The van der Waals surface area contributed by atoms with E-state index in [1.54, 1.807) is 6.26 Å². The number of hydrogen-bond acceptors (Lipinski definition) is 2. The molecule has 0 spiro atoms. The van der Waals surface area contributed by atoms with Crippen LogP contribution >= 0.6 is 0 Å². The molecule has 2 N–H and O–H groups in total. The Hall–Kier alpha value is -0.760. The summed E-state index contributed by atoms with van der Waals surface area (Å²) in [5.41, 5.74) is 5.83. The molecule has 0 aromatic carbocycles. The van der Waals surface area contributed by atoms with E-state index in [2.05, 4.69) is 0 Å². The topological polar surface area (TPSA) is 39.2 Å². The van der Waals surface area contributed by atoms with Crippen LogP contribution in [0, 0.1) is 0 Å². The smallest absolute Gasteiger partial charge is 0.111 e. The van der Waals surface area contributed by atoms with Crippen LogP contribution in [-0.2, 0) is 5.41 Å². The zero-order chi connectivity index (χ0) is 7.03. The number of furan rings is 1. The first-order valence-corrected chi connectivity index (χ1v) is 3.61. The average Bonchev–Trinajstić information content (AvgIpc) is 2.58. The second-order valence-electron chi connectivity index (χ2n) is 2.96. The maximum Gasteiger partial charge on any atom is 0.111 e. The molecule has 0 bridgehead atoms. The minimum Gasteiger partial charge on any atom is -0.469 e. The van der Waals surface area contributed by atoms with Crippen LogP contribution in [0.4, 0.5) is 0 Å². The molecule has 2 rings (SSSR count). The first-order valence-electron chi connectivity index (χ1n) is 3.61. The summed E-state index contributed by atoms with van der Waals surface area (Å²) in [5, 5.41) is 0. The second kappa shape index (κ2) is 1.86. The Bertz CT molecular complexity index is 211. The Labute approximate surface area is 60.0 Å². The van der Waals surface area contributed by atoms with E-state index in [0.29, 0.717) is 0 Å². The monoisotopic (exact) mass is 137 g/mol. The van der Waals surface area contributed by atoms with Gasteiger partial charge in [0.05, 0.1) is 6.26 Å². The lowest BCUT2D eigenvalue weighted by Crippen LogP contribution is -2.18. The van der Waals surface area contributed by atoms with Gasteiger partial charge in [-0.2, -0.15) is 0 Å². The molecule has 0 radical (unpaired) electrons. The minimum atomic E-state index is 0.226. The van der Waals surface area contributed by atoms with Crippen molar-refractivity contribution in [1.29, 1.82) is 0 Å². The predicted octanol–water partition coefficient (Wildman–Crippen LogP) is 1.27. The highest BCUT2D eigenvalue weighted by molar-refractivity contribution is 5.22. The molecule has 2 heteroatoms. The van der Waals surface area contributed by atoms with Crippen molar-refractivity contribution < 1.29 is 4.42 Å². The van der Waals surface area contributed by atoms with E-state index in [0.717, 1.165) is 12.3 Å². The van der Waals surface area contributed by atoms with Gasteiger partial charge in [-0.05, 0) is 25.0 Å². The van der Waals surface area contributed by atoms with Gasteiger partial charge in [0.15, 0.2) is 0 Å². The van der Waals surface area contributed by atoms with E-state index in [-0.39, 0.29) is 5.41 Å². The van der Waals surface area contributed by atoms with Crippen LogP contribution in [0.1, 0.15) is 18.6 Å². The van der Waals surface area contributed by atoms with Gasteiger partial charge in [-0.3, -0.25) is 0 Å². The first kappa shape index (κ1) is 5.98. The molecule has 0 amide bonds. The molecule has 54 valence electrons. The third-order valence-electron chi connectivity index (χ3n) is 2.29. The fraction of sp³-hybridized carbons (Fsp3) is 0.500. The van der Waals surface area contributed by atoms with Crippen LogP contribution < -0.4 is 5.73 Å². The molecule has 1 aliphatic carbocycles. The quantitative estimate of drug-likeness (QED) is 0.666. The van der Waals surface area contributed by atoms with Crippen LogP contribution in [0.25, 0.3) is 0 Å². The highest BCUT2D eigenvalue weighted by Crippen LogP contribution is 2.47. The van der Waals surface area contributed by atoms with Crippen molar-refractivity contribution in [3.05, 3.63) is 24.2 Å². The zero-order valence-electron chi connectivity index (χ0n) is 5.84. The Kier molecular flexibility index (Phi) is 1.11. The van der Waals surface area contributed by atoms with E-state index in [9.17, 15) is 0 Å². The summed E-state index contributed by atoms with van der Waals surface area (Å²) in [6.07, 6.45) is 4.10. The van der Waals surface area contributed by atoms with Gasteiger partial charge in [-0.1, -0.05) is 0 Å². The van der Waals surface area contributed by atoms with E-state index in [1.165, 1.54) is 12.8 Å². The molecule has 1 aliphatic rings. The normalized spacial score (nSPS) is 20.9. The van der Waals surface area contributed by atoms with Gasteiger partial charge in [0.2, 0.25) is 0 Å². The lowest BCUT2D eigenvalue weighted by atomic mass is 10.1. The molecule has 0 unspecified atom stereocenters. The molecular formula is C8H11NO. The molecule has 1 heterocycles. The lowest BCUT2D eigenvalue weighted by Gasteiger charge is -2.06. The van der Waals surface area contributed by atoms with Gasteiger partial charge in [0.1, 0.15) is 5.76 Å². The summed E-state index contributed by atoms with van der Waals surface area (Å²) in [6, 6.07) is 3.94. The van der Waals surface area contributed by atoms with Crippen molar-refractivity contribution in [2.75, 3.05) is 6.54 Å². The molecule has 10 heavy (non-hydrogen) atoms. The predicted molar refractivity (Wildman–Crippen MR) is 38.7 cm³/mol. The molecule has 1 saturated carbocycles. The van der Waals surface area contributed by atoms with Gasteiger partial charge < -0.3 is 10.2 Å². The molecule has 0 saturated heterocycles. The number of hydrogen-bond donors (Lipinski definition) is 1. The summed E-state index contributed by atoms with van der Waals surface area (Å²) < 4.78 is 5.27. The lowest BCUT2D eigenvalue weighted by molar-refractivity contribution is 0.454. The molecule has 0 atom stereocenters. The summed E-state index contributed by atoms with van der Waals surface area (Å²) in [6.45, 7) is 0.723. The van der Waals surface area contributed by atoms with Crippen molar-refractivity contribution in [3.8, 4) is 0 Å². The number of nitrogens with two attached hydrogens (primary N) is 1. The molecule has 1 fully saturated rings. The summed E-state index contributed by atoms with van der Waals surface area (Å²) in [4.78, 5) is 0. The van der Waals surface area contributed by atoms with Crippen molar-refractivity contribution in [2.24, 2.45) is 5.73 Å². The molecular weight excluding hydrogens is 126 g/mol. The van der Waals surface area contributed by atoms with Crippen molar-refractivity contribution >= 4 is 0 Å². The molecule has 0 aliphatic heterocycles. The SMILES string of the molecule is NCC1(c2ccco2)CC1. The second-order valence-corrected chi connectivity index (χ2v) is 2.96. The molecule has 1 aromatic heterocycles. The van der Waals surface area contributed by atoms with E-state index < -0.39 is 0 Å². The van der Waals surface area contributed by atoms with Crippen LogP contribution in [0.2, 0.25) is 0 Å².